The second kappa shape index (κ2) is 11.0. The average molecular weight is 489 g/mol. The number of piperazine rings is 1. The van der Waals surface area contributed by atoms with Crippen LogP contribution in [-0.4, -0.2) is 76.4 Å². The number of rotatable bonds is 7. The molecule has 2 aliphatic heterocycles. The van der Waals surface area contributed by atoms with Crippen LogP contribution in [0.15, 0.2) is 54.7 Å². The van der Waals surface area contributed by atoms with E-state index in [1.54, 1.807) is 24.4 Å². The van der Waals surface area contributed by atoms with E-state index in [4.69, 9.17) is 16.1 Å². The SMILES string of the molecule is N=C(/C=C\c1ncc(-c2cccc(N3CCN(CCN)CC3)n2)[nH]1)N1CCCC1c1cccc(F)c1. The second-order valence-corrected chi connectivity index (χ2v) is 9.31. The van der Waals surface area contributed by atoms with Gasteiger partial charge in [0, 0.05) is 45.8 Å². The Labute approximate surface area is 211 Å². The van der Waals surface area contributed by atoms with Crippen molar-refractivity contribution in [2.45, 2.75) is 18.9 Å². The standard InChI is InChI=1S/C27H33FN8/c28-21-5-1-4-20(18-21)24-7-3-12-36(24)25(30)9-10-26-31-19-23(32-26)22-6-2-8-27(33-22)35-16-14-34(13-11-29)15-17-35/h1-2,4-6,8-10,18-19,24,30H,3,7,11-17,29H2,(H,31,32)/b10-9-,30-25?. The number of hydrogen-bond acceptors (Lipinski definition) is 6. The minimum atomic E-state index is -0.240. The van der Waals surface area contributed by atoms with Gasteiger partial charge >= 0.3 is 0 Å². The number of anilines is 1. The summed E-state index contributed by atoms with van der Waals surface area (Å²) in [6, 6.07) is 12.8. The molecule has 36 heavy (non-hydrogen) atoms. The number of benzene rings is 1. The van der Waals surface area contributed by atoms with Crippen LogP contribution in [0, 0.1) is 11.2 Å². The topological polar surface area (TPSA) is 101 Å². The molecule has 3 aromatic rings. The van der Waals surface area contributed by atoms with E-state index in [9.17, 15) is 4.39 Å². The lowest BCUT2D eigenvalue weighted by atomic mass is 10.0. The van der Waals surface area contributed by atoms with Crippen LogP contribution in [0.2, 0.25) is 0 Å². The summed E-state index contributed by atoms with van der Waals surface area (Å²) in [5, 5.41) is 8.60. The summed E-state index contributed by atoms with van der Waals surface area (Å²) < 4.78 is 13.7. The number of aromatic nitrogens is 3. The monoisotopic (exact) mass is 488 g/mol. The van der Waals surface area contributed by atoms with Gasteiger partial charge in [0.15, 0.2) is 0 Å². The quantitative estimate of drug-likeness (QED) is 0.348. The van der Waals surface area contributed by atoms with Crippen molar-refractivity contribution in [3.63, 3.8) is 0 Å². The number of halogens is 1. The molecule has 0 amide bonds. The third-order valence-electron chi connectivity index (χ3n) is 6.94. The zero-order valence-electron chi connectivity index (χ0n) is 20.4. The number of aromatic amines is 1. The van der Waals surface area contributed by atoms with Crippen LogP contribution in [0.1, 0.15) is 30.3 Å². The number of H-pyrrole nitrogens is 1. The van der Waals surface area contributed by atoms with E-state index in [-0.39, 0.29) is 11.9 Å². The number of nitrogens with one attached hydrogen (secondary N) is 2. The van der Waals surface area contributed by atoms with Crippen LogP contribution in [0.4, 0.5) is 10.2 Å². The van der Waals surface area contributed by atoms with Crippen LogP contribution in [0.5, 0.6) is 0 Å². The van der Waals surface area contributed by atoms with E-state index in [2.05, 4.69) is 19.8 Å². The summed E-state index contributed by atoms with van der Waals surface area (Å²) >= 11 is 0. The van der Waals surface area contributed by atoms with Crippen LogP contribution in [0.3, 0.4) is 0 Å². The summed E-state index contributed by atoms with van der Waals surface area (Å²) in [6.45, 7) is 6.26. The highest BCUT2D eigenvalue weighted by atomic mass is 19.1. The lowest BCUT2D eigenvalue weighted by Gasteiger charge is -2.35. The molecule has 0 bridgehead atoms. The molecule has 1 aromatic carbocycles. The molecule has 2 aliphatic rings. The van der Waals surface area contributed by atoms with Crippen LogP contribution >= 0.6 is 0 Å². The fraction of sp³-hybridized carbons (Fsp3) is 0.370. The van der Waals surface area contributed by atoms with Gasteiger partial charge in [-0.1, -0.05) is 18.2 Å². The van der Waals surface area contributed by atoms with Crippen molar-refractivity contribution in [1.29, 1.82) is 5.41 Å². The zero-order chi connectivity index (χ0) is 24.9. The summed E-state index contributed by atoms with van der Waals surface area (Å²) in [4.78, 5) is 19.4. The molecule has 4 N–H and O–H groups in total. The van der Waals surface area contributed by atoms with E-state index < -0.39 is 0 Å². The molecule has 5 rings (SSSR count). The molecule has 2 saturated heterocycles. The van der Waals surface area contributed by atoms with Crippen LogP contribution in [-0.2, 0) is 0 Å². The molecule has 8 nitrogen and oxygen atoms in total. The molecular weight excluding hydrogens is 455 g/mol. The Bertz CT molecular complexity index is 1210. The van der Waals surface area contributed by atoms with Gasteiger partial charge in [-0.3, -0.25) is 10.3 Å². The van der Waals surface area contributed by atoms with Gasteiger partial charge in [0.2, 0.25) is 0 Å². The highest BCUT2D eigenvalue weighted by Gasteiger charge is 2.27. The van der Waals surface area contributed by atoms with Gasteiger partial charge in [0.05, 0.1) is 23.6 Å². The maximum atomic E-state index is 13.7. The van der Waals surface area contributed by atoms with E-state index in [0.29, 0.717) is 18.2 Å². The third-order valence-corrected chi connectivity index (χ3v) is 6.94. The molecule has 0 saturated carbocycles. The van der Waals surface area contributed by atoms with Gasteiger partial charge in [-0.15, -0.1) is 0 Å². The molecular formula is C27H33FN8. The number of pyridine rings is 1. The number of nitrogens with two attached hydrogens (primary N) is 1. The fourth-order valence-corrected chi connectivity index (χ4v) is 5.05. The Kier molecular flexibility index (Phi) is 7.39. The van der Waals surface area contributed by atoms with Gasteiger partial charge in [0.25, 0.3) is 0 Å². The van der Waals surface area contributed by atoms with Crippen molar-refractivity contribution in [2.24, 2.45) is 5.73 Å². The van der Waals surface area contributed by atoms with Crippen molar-refractivity contribution >= 4 is 17.7 Å². The Morgan fingerprint density at radius 2 is 1.97 bits per heavy atom. The van der Waals surface area contributed by atoms with Gasteiger partial charge in [-0.25, -0.2) is 14.4 Å². The van der Waals surface area contributed by atoms with Crippen LogP contribution < -0.4 is 10.6 Å². The van der Waals surface area contributed by atoms with Crippen molar-refractivity contribution < 1.29 is 4.39 Å². The molecule has 4 heterocycles. The van der Waals surface area contributed by atoms with Crippen molar-refractivity contribution in [1.82, 2.24) is 24.8 Å². The van der Waals surface area contributed by atoms with Gasteiger partial charge in [-0.05, 0) is 54.8 Å². The molecule has 9 heteroatoms. The molecule has 2 aromatic heterocycles. The molecule has 0 aliphatic carbocycles. The summed E-state index contributed by atoms with van der Waals surface area (Å²) in [5.74, 6) is 1.79. The lowest BCUT2D eigenvalue weighted by molar-refractivity contribution is 0.264. The maximum absolute atomic E-state index is 13.7. The first-order chi connectivity index (χ1) is 17.6. The molecule has 1 atom stereocenters. The minimum absolute atomic E-state index is 0.0223. The largest absolute Gasteiger partial charge is 0.354 e. The Morgan fingerprint density at radius 1 is 1.14 bits per heavy atom. The molecule has 0 spiro atoms. The second-order valence-electron chi connectivity index (χ2n) is 9.31. The number of hydrogen-bond donors (Lipinski definition) is 3. The Balaban J connectivity index is 1.24. The first-order valence-corrected chi connectivity index (χ1v) is 12.6. The van der Waals surface area contributed by atoms with Crippen molar-refractivity contribution in [2.75, 3.05) is 50.7 Å². The van der Waals surface area contributed by atoms with Crippen molar-refractivity contribution in [3.8, 4) is 11.4 Å². The number of imidazole rings is 1. The zero-order valence-corrected chi connectivity index (χ0v) is 20.4. The average Bonchev–Trinajstić information content (AvgIpc) is 3.58. The normalized spacial score (nSPS) is 18.9. The molecule has 2 fully saturated rings. The Morgan fingerprint density at radius 3 is 2.78 bits per heavy atom. The van der Waals surface area contributed by atoms with Gasteiger partial charge < -0.3 is 20.5 Å². The van der Waals surface area contributed by atoms with E-state index in [1.807, 2.05) is 35.2 Å². The van der Waals surface area contributed by atoms with E-state index in [1.165, 1.54) is 6.07 Å². The number of nitrogens with zero attached hydrogens (tertiary/aromatic N) is 5. The molecule has 188 valence electrons. The number of likely N-dealkylation sites (tertiary alicyclic amines) is 1. The van der Waals surface area contributed by atoms with Crippen molar-refractivity contribution in [3.05, 3.63) is 71.9 Å². The molecule has 0 radical (unpaired) electrons. The summed E-state index contributed by atoms with van der Waals surface area (Å²) in [6.07, 6.45) is 7.24. The third kappa shape index (κ3) is 5.47. The van der Waals surface area contributed by atoms with Gasteiger partial charge in [-0.2, -0.15) is 0 Å². The van der Waals surface area contributed by atoms with Crippen LogP contribution in [0.25, 0.3) is 17.5 Å². The maximum Gasteiger partial charge on any atom is 0.130 e. The summed E-state index contributed by atoms with van der Waals surface area (Å²) in [5.41, 5.74) is 8.28. The predicted octanol–water partition coefficient (Wildman–Crippen LogP) is 3.52. The summed E-state index contributed by atoms with van der Waals surface area (Å²) in [7, 11) is 0. The highest BCUT2D eigenvalue weighted by Crippen LogP contribution is 2.32. The smallest absolute Gasteiger partial charge is 0.130 e. The molecule has 1 unspecified atom stereocenters. The first kappa shape index (κ1) is 24.1. The highest BCUT2D eigenvalue weighted by molar-refractivity contribution is 5.94. The minimum Gasteiger partial charge on any atom is -0.354 e. The number of amidine groups is 1. The lowest BCUT2D eigenvalue weighted by Crippen LogP contribution is -2.48. The van der Waals surface area contributed by atoms with Gasteiger partial charge in [0.1, 0.15) is 23.3 Å². The fourth-order valence-electron chi connectivity index (χ4n) is 5.05. The predicted molar refractivity (Wildman–Crippen MR) is 141 cm³/mol. The van der Waals surface area contributed by atoms with E-state index in [0.717, 1.165) is 74.9 Å². The van der Waals surface area contributed by atoms with E-state index >= 15 is 0 Å². The Hall–Kier alpha value is -3.56. The first-order valence-electron chi connectivity index (χ1n) is 12.6.